The number of benzene rings is 1. The van der Waals surface area contributed by atoms with Crippen LogP contribution in [0.15, 0.2) is 48.8 Å². The number of hydrogen-bond donors (Lipinski definition) is 4. The maximum Gasteiger partial charge on any atom is 0.410 e. The van der Waals surface area contributed by atoms with E-state index in [0.717, 1.165) is 43.5 Å². The summed E-state index contributed by atoms with van der Waals surface area (Å²) in [6.07, 6.45) is 7.89. The number of nitrogens with one attached hydrogen (secondary N) is 3. The molecule has 12 heteroatoms. The van der Waals surface area contributed by atoms with Crippen molar-refractivity contribution in [3.8, 4) is 17.0 Å². The zero-order valence-corrected chi connectivity index (χ0v) is 25.1. The van der Waals surface area contributed by atoms with Gasteiger partial charge in [0.2, 0.25) is 5.95 Å². The molecule has 0 bridgehead atoms. The van der Waals surface area contributed by atoms with Gasteiger partial charge in [0.05, 0.1) is 11.4 Å². The number of aromatic nitrogens is 4. The van der Waals surface area contributed by atoms with Crippen LogP contribution in [0.25, 0.3) is 16.8 Å². The van der Waals surface area contributed by atoms with E-state index in [2.05, 4.69) is 35.7 Å². The quantitative estimate of drug-likeness (QED) is 0.243. The van der Waals surface area contributed by atoms with E-state index in [9.17, 15) is 9.90 Å². The van der Waals surface area contributed by atoms with E-state index in [1.807, 2.05) is 51.4 Å². The van der Waals surface area contributed by atoms with Gasteiger partial charge in [-0.15, -0.1) is 10.2 Å². The van der Waals surface area contributed by atoms with Crippen molar-refractivity contribution in [2.75, 3.05) is 43.4 Å². The van der Waals surface area contributed by atoms with Crippen molar-refractivity contribution in [2.24, 2.45) is 0 Å². The number of piperidine rings is 1. The first-order chi connectivity index (χ1) is 20.6. The second-order valence-electron chi connectivity index (χ2n) is 11.7. The number of carbonyl (C=O) groups excluding carboxylic acids is 1. The average Bonchev–Trinajstić information content (AvgIpc) is 3.01. The Kier molecular flexibility index (Phi) is 8.74. The third-order valence-electron chi connectivity index (χ3n) is 7.47. The first kappa shape index (κ1) is 29.7. The Hall–Kier alpha value is -4.74. The number of hydrogen-bond acceptors (Lipinski definition) is 10. The lowest BCUT2D eigenvalue weighted by molar-refractivity contribution is 0.0270. The third kappa shape index (κ3) is 7.19. The lowest BCUT2D eigenvalue weighted by atomic mass is 10.0. The van der Waals surface area contributed by atoms with Gasteiger partial charge in [0.1, 0.15) is 17.2 Å². The molecular weight excluding hydrogens is 546 g/mol. The van der Waals surface area contributed by atoms with Crippen molar-refractivity contribution < 1.29 is 14.6 Å². The molecule has 2 aromatic heterocycles. The Morgan fingerprint density at radius 3 is 2.44 bits per heavy atom. The summed E-state index contributed by atoms with van der Waals surface area (Å²) < 4.78 is 5.49. The summed E-state index contributed by atoms with van der Waals surface area (Å²) in [6.45, 7) is 8.25. The van der Waals surface area contributed by atoms with Gasteiger partial charge in [-0.2, -0.15) is 0 Å². The molecular formula is C31H39N9O3. The van der Waals surface area contributed by atoms with E-state index in [0.29, 0.717) is 41.7 Å². The van der Waals surface area contributed by atoms with Crippen molar-refractivity contribution in [3.63, 3.8) is 0 Å². The topological polar surface area (TPSA) is 152 Å². The van der Waals surface area contributed by atoms with Crippen LogP contribution >= 0.6 is 0 Å². The number of rotatable bonds is 6. The SMILES string of the molecule is CNC(=N)c1nnc(-c2ccccc2O)cc1NC1CCN(c2ncc(C3=CCN(C(=O)OC(C)(C)C)CC3)cn2)CC1. The lowest BCUT2D eigenvalue weighted by Gasteiger charge is -2.33. The summed E-state index contributed by atoms with van der Waals surface area (Å²) in [5.74, 6) is 0.982. The molecule has 0 saturated carbocycles. The van der Waals surface area contributed by atoms with Gasteiger partial charge in [-0.05, 0) is 63.8 Å². The molecule has 0 unspecified atom stereocenters. The van der Waals surface area contributed by atoms with Gasteiger partial charge in [0.25, 0.3) is 0 Å². The molecule has 3 aromatic rings. The predicted octanol–water partition coefficient (Wildman–Crippen LogP) is 4.29. The molecule has 1 amide bonds. The van der Waals surface area contributed by atoms with Gasteiger partial charge < -0.3 is 30.3 Å². The van der Waals surface area contributed by atoms with Crippen molar-refractivity contribution in [2.45, 2.75) is 51.7 Å². The van der Waals surface area contributed by atoms with Crippen LogP contribution in [-0.4, -0.2) is 87.0 Å². The maximum atomic E-state index is 12.4. The molecule has 1 saturated heterocycles. The number of ether oxygens (including phenoxy) is 1. The molecule has 0 spiro atoms. The molecule has 4 heterocycles. The van der Waals surface area contributed by atoms with Gasteiger partial charge in [-0.1, -0.05) is 18.2 Å². The Morgan fingerprint density at radius 1 is 1.09 bits per heavy atom. The molecule has 0 aliphatic carbocycles. The fourth-order valence-corrected chi connectivity index (χ4v) is 5.14. The molecule has 1 fully saturated rings. The smallest absolute Gasteiger partial charge is 0.410 e. The Balaban J connectivity index is 1.20. The van der Waals surface area contributed by atoms with Gasteiger partial charge in [0.15, 0.2) is 5.69 Å². The van der Waals surface area contributed by atoms with Crippen LogP contribution in [0.1, 0.15) is 51.3 Å². The molecule has 2 aliphatic heterocycles. The summed E-state index contributed by atoms with van der Waals surface area (Å²) in [6, 6.07) is 8.99. The van der Waals surface area contributed by atoms with E-state index < -0.39 is 5.60 Å². The van der Waals surface area contributed by atoms with Gasteiger partial charge in [0, 0.05) is 62.8 Å². The number of amidine groups is 1. The third-order valence-corrected chi connectivity index (χ3v) is 7.47. The van der Waals surface area contributed by atoms with E-state index in [-0.39, 0.29) is 23.7 Å². The maximum absolute atomic E-state index is 12.4. The van der Waals surface area contributed by atoms with Gasteiger partial charge in [-0.3, -0.25) is 5.41 Å². The number of amides is 1. The highest BCUT2D eigenvalue weighted by molar-refractivity contribution is 5.99. The molecule has 43 heavy (non-hydrogen) atoms. The number of carbonyl (C=O) groups is 1. The number of nitrogens with zero attached hydrogens (tertiary/aromatic N) is 6. The number of aromatic hydroxyl groups is 1. The minimum atomic E-state index is -0.512. The fraction of sp³-hybridized carbons (Fsp3) is 0.419. The second-order valence-corrected chi connectivity index (χ2v) is 11.7. The van der Waals surface area contributed by atoms with Crippen LogP contribution in [0.3, 0.4) is 0 Å². The lowest BCUT2D eigenvalue weighted by Crippen LogP contribution is -2.40. The number of anilines is 2. The molecule has 0 atom stereocenters. The summed E-state index contributed by atoms with van der Waals surface area (Å²) in [5, 5.41) is 33.6. The van der Waals surface area contributed by atoms with Gasteiger partial charge >= 0.3 is 6.09 Å². The zero-order chi connectivity index (χ0) is 30.6. The number of phenolic OH excluding ortho intramolecular Hbond substituents is 1. The molecule has 226 valence electrons. The van der Waals surface area contributed by atoms with Crippen molar-refractivity contribution >= 4 is 29.1 Å². The standard InChI is InChI=1S/C31H39N9O3/c1-31(2,3)43-30(42)40-13-9-20(10-14-40)21-18-34-29(35-19-21)39-15-11-22(12-16-39)36-25-17-24(23-7-5-6-8-26(23)41)37-38-27(25)28(32)33-4/h5-9,17-19,22,41H,10-16H2,1-4H3,(H2,32,33)(H,36,37). The van der Waals surface area contributed by atoms with E-state index in [1.54, 1.807) is 30.1 Å². The Bertz CT molecular complexity index is 1490. The minimum absolute atomic E-state index is 0.126. The largest absolute Gasteiger partial charge is 0.507 e. The van der Waals surface area contributed by atoms with Crippen LogP contribution < -0.4 is 15.5 Å². The predicted molar refractivity (Wildman–Crippen MR) is 166 cm³/mol. The Morgan fingerprint density at radius 2 is 1.81 bits per heavy atom. The van der Waals surface area contributed by atoms with Crippen molar-refractivity contribution in [3.05, 3.63) is 60.1 Å². The molecule has 2 aliphatic rings. The van der Waals surface area contributed by atoms with Crippen LogP contribution in [0.5, 0.6) is 5.75 Å². The minimum Gasteiger partial charge on any atom is -0.507 e. The average molecular weight is 586 g/mol. The number of phenols is 1. The highest BCUT2D eigenvalue weighted by Crippen LogP contribution is 2.30. The normalized spacial score (nSPS) is 16.0. The first-order valence-corrected chi connectivity index (χ1v) is 14.5. The molecule has 4 N–H and O–H groups in total. The van der Waals surface area contributed by atoms with Crippen LogP contribution in [0.2, 0.25) is 0 Å². The molecule has 0 radical (unpaired) electrons. The van der Waals surface area contributed by atoms with Crippen LogP contribution in [0, 0.1) is 5.41 Å². The van der Waals surface area contributed by atoms with Crippen molar-refractivity contribution in [1.29, 1.82) is 5.41 Å². The van der Waals surface area contributed by atoms with E-state index in [4.69, 9.17) is 10.1 Å². The zero-order valence-electron chi connectivity index (χ0n) is 25.1. The van der Waals surface area contributed by atoms with Crippen LogP contribution in [-0.2, 0) is 4.74 Å². The fourth-order valence-electron chi connectivity index (χ4n) is 5.14. The molecule has 5 rings (SSSR count). The summed E-state index contributed by atoms with van der Waals surface area (Å²) >= 11 is 0. The highest BCUT2D eigenvalue weighted by atomic mass is 16.6. The monoisotopic (exact) mass is 585 g/mol. The van der Waals surface area contributed by atoms with E-state index >= 15 is 0 Å². The summed E-state index contributed by atoms with van der Waals surface area (Å²) in [4.78, 5) is 25.6. The summed E-state index contributed by atoms with van der Waals surface area (Å²) in [5.41, 5.74) is 3.82. The molecule has 1 aromatic carbocycles. The van der Waals surface area contributed by atoms with Crippen LogP contribution in [0.4, 0.5) is 16.4 Å². The van der Waals surface area contributed by atoms with E-state index in [1.165, 1.54) is 0 Å². The summed E-state index contributed by atoms with van der Waals surface area (Å²) in [7, 11) is 1.68. The number of para-hydroxylation sites is 1. The first-order valence-electron chi connectivity index (χ1n) is 14.5. The second kappa shape index (κ2) is 12.6. The van der Waals surface area contributed by atoms with Gasteiger partial charge in [-0.25, -0.2) is 14.8 Å². The Labute approximate surface area is 251 Å². The molecule has 12 nitrogen and oxygen atoms in total. The van der Waals surface area contributed by atoms with Crippen molar-refractivity contribution in [1.82, 2.24) is 30.4 Å². The highest BCUT2D eigenvalue weighted by Gasteiger charge is 2.26.